The molecule has 108 valence electrons. The summed E-state index contributed by atoms with van der Waals surface area (Å²) >= 11 is 0. The maximum absolute atomic E-state index is 12.5. The molecule has 4 nitrogen and oxygen atoms in total. The number of nitrogens with one attached hydrogen (secondary N) is 1. The number of aromatic nitrogens is 1. The molecule has 0 saturated carbocycles. The fraction of sp³-hybridized carbons (Fsp3) is 0.0714. The molecule has 3 rings (SSSR count). The van der Waals surface area contributed by atoms with E-state index < -0.39 is 11.7 Å². The Hall–Kier alpha value is -2.70. The zero-order chi connectivity index (χ0) is 15.0. The van der Waals surface area contributed by atoms with Crippen LogP contribution >= 0.6 is 0 Å². The van der Waals surface area contributed by atoms with Crippen LogP contribution < -0.4 is 11.1 Å². The summed E-state index contributed by atoms with van der Waals surface area (Å²) in [7, 11) is 0. The van der Waals surface area contributed by atoms with Gasteiger partial charge in [-0.3, -0.25) is 0 Å². The van der Waals surface area contributed by atoms with Crippen LogP contribution in [0, 0.1) is 0 Å². The van der Waals surface area contributed by atoms with Gasteiger partial charge in [0, 0.05) is 5.69 Å². The van der Waals surface area contributed by atoms with Crippen LogP contribution in [0.5, 0.6) is 0 Å². The zero-order valence-corrected chi connectivity index (χ0v) is 10.6. The third-order valence-corrected chi connectivity index (χ3v) is 2.91. The summed E-state index contributed by atoms with van der Waals surface area (Å²) in [5.74, 6) is 0. The molecule has 0 unspecified atom stereocenters. The lowest BCUT2D eigenvalue weighted by atomic mass is 10.2. The van der Waals surface area contributed by atoms with E-state index in [2.05, 4.69) is 10.3 Å². The summed E-state index contributed by atoms with van der Waals surface area (Å²) in [5, 5.41) is 2.80. The van der Waals surface area contributed by atoms with E-state index in [1.807, 2.05) is 0 Å². The second-order valence-electron chi connectivity index (χ2n) is 4.41. The van der Waals surface area contributed by atoms with Gasteiger partial charge in [-0.05, 0) is 36.4 Å². The molecule has 0 radical (unpaired) electrons. The molecule has 3 aromatic rings. The van der Waals surface area contributed by atoms with Crippen LogP contribution in [0.25, 0.3) is 11.1 Å². The number of oxazole rings is 1. The summed E-state index contributed by atoms with van der Waals surface area (Å²) in [6, 6.07) is 9.87. The van der Waals surface area contributed by atoms with Gasteiger partial charge < -0.3 is 15.5 Å². The van der Waals surface area contributed by atoms with E-state index in [1.165, 1.54) is 12.1 Å². The van der Waals surface area contributed by atoms with Crippen LogP contribution in [-0.4, -0.2) is 4.98 Å². The molecule has 0 bridgehead atoms. The van der Waals surface area contributed by atoms with Gasteiger partial charge in [0.05, 0.1) is 11.3 Å². The number of para-hydroxylation sites is 1. The van der Waals surface area contributed by atoms with Gasteiger partial charge in [-0.2, -0.15) is 18.2 Å². The Balaban J connectivity index is 1.87. The first kappa shape index (κ1) is 13.3. The molecule has 2 aromatic carbocycles. The van der Waals surface area contributed by atoms with E-state index in [-0.39, 0.29) is 6.01 Å². The highest BCUT2D eigenvalue weighted by molar-refractivity contribution is 5.86. The molecule has 0 atom stereocenters. The van der Waals surface area contributed by atoms with Crippen molar-refractivity contribution in [2.24, 2.45) is 0 Å². The molecule has 7 heteroatoms. The summed E-state index contributed by atoms with van der Waals surface area (Å²) in [4.78, 5) is 4.15. The van der Waals surface area contributed by atoms with Gasteiger partial charge >= 0.3 is 6.18 Å². The molecule has 0 aliphatic rings. The van der Waals surface area contributed by atoms with Crippen molar-refractivity contribution in [3.8, 4) is 0 Å². The quantitative estimate of drug-likeness (QED) is 0.696. The highest BCUT2D eigenvalue weighted by Gasteiger charge is 2.29. The van der Waals surface area contributed by atoms with Crippen molar-refractivity contribution in [1.82, 2.24) is 4.98 Å². The van der Waals surface area contributed by atoms with Crippen molar-refractivity contribution >= 4 is 28.5 Å². The van der Waals surface area contributed by atoms with E-state index in [1.54, 1.807) is 18.2 Å². The Bertz CT molecular complexity index is 778. The molecule has 1 aromatic heterocycles. The highest BCUT2D eigenvalue weighted by Crippen LogP contribution is 2.31. The van der Waals surface area contributed by atoms with Gasteiger partial charge in [0.15, 0.2) is 5.58 Å². The van der Waals surface area contributed by atoms with Crippen molar-refractivity contribution in [2.45, 2.75) is 6.18 Å². The van der Waals surface area contributed by atoms with Crippen LogP contribution in [0.4, 0.5) is 30.6 Å². The van der Waals surface area contributed by atoms with Crippen molar-refractivity contribution in [3.05, 3.63) is 48.0 Å². The number of nitrogens with zero attached hydrogens (tertiary/aromatic N) is 1. The number of nitrogen functional groups attached to an aromatic ring is 1. The van der Waals surface area contributed by atoms with Crippen LogP contribution in [-0.2, 0) is 6.18 Å². The third kappa shape index (κ3) is 2.62. The molecule has 0 saturated heterocycles. The number of rotatable bonds is 2. The fourth-order valence-electron chi connectivity index (χ4n) is 1.89. The predicted molar refractivity (Wildman–Crippen MR) is 73.1 cm³/mol. The standard InChI is InChI=1S/C14H10F3N3O/c15-14(16,17)8-4-6-9(7-5-8)19-13-20-12-10(18)2-1-3-11(12)21-13/h1-7H,18H2,(H,19,20). The molecule has 0 amide bonds. The molecule has 0 aliphatic heterocycles. The Kier molecular flexibility index (Phi) is 2.97. The summed E-state index contributed by atoms with van der Waals surface area (Å²) in [5.41, 5.74) is 6.96. The molecule has 21 heavy (non-hydrogen) atoms. The number of anilines is 3. The van der Waals surface area contributed by atoms with Crippen LogP contribution in [0.3, 0.4) is 0 Å². The van der Waals surface area contributed by atoms with Crippen LogP contribution in [0.1, 0.15) is 5.56 Å². The van der Waals surface area contributed by atoms with E-state index in [9.17, 15) is 13.2 Å². The number of hydrogen-bond donors (Lipinski definition) is 2. The predicted octanol–water partition coefficient (Wildman–Crippen LogP) is 4.17. The minimum absolute atomic E-state index is 0.169. The second kappa shape index (κ2) is 4.69. The molecule has 0 fully saturated rings. The van der Waals surface area contributed by atoms with Crippen molar-refractivity contribution in [1.29, 1.82) is 0 Å². The summed E-state index contributed by atoms with van der Waals surface area (Å²) < 4.78 is 42.8. The minimum Gasteiger partial charge on any atom is -0.423 e. The first-order valence-electron chi connectivity index (χ1n) is 6.03. The number of nitrogens with two attached hydrogens (primary N) is 1. The van der Waals surface area contributed by atoms with Gasteiger partial charge in [-0.15, -0.1) is 0 Å². The fourth-order valence-corrected chi connectivity index (χ4v) is 1.89. The van der Waals surface area contributed by atoms with Gasteiger partial charge in [0.25, 0.3) is 6.01 Å². The lowest BCUT2D eigenvalue weighted by Gasteiger charge is -2.07. The third-order valence-electron chi connectivity index (χ3n) is 2.91. The molecule has 0 spiro atoms. The lowest BCUT2D eigenvalue weighted by Crippen LogP contribution is -2.04. The van der Waals surface area contributed by atoms with Crippen molar-refractivity contribution in [3.63, 3.8) is 0 Å². The maximum atomic E-state index is 12.5. The number of hydrogen-bond acceptors (Lipinski definition) is 4. The number of alkyl halides is 3. The first-order valence-corrected chi connectivity index (χ1v) is 6.03. The average molecular weight is 293 g/mol. The topological polar surface area (TPSA) is 64.1 Å². The zero-order valence-electron chi connectivity index (χ0n) is 10.6. The van der Waals surface area contributed by atoms with E-state index >= 15 is 0 Å². The monoisotopic (exact) mass is 293 g/mol. The largest absolute Gasteiger partial charge is 0.423 e. The second-order valence-corrected chi connectivity index (χ2v) is 4.41. The SMILES string of the molecule is Nc1cccc2oc(Nc3ccc(C(F)(F)F)cc3)nc12. The average Bonchev–Trinajstić information content (AvgIpc) is 2.82. The van der Waals surface area contributed by atoms with Crippen LogP contribution in [0.15, 0.2) is 46.9 Å². The summed E-state index contributed by atoms with van der Waals surface area (Å²) in [6.07, 6.45) is -4.36. The highest BCUT2D eigenvalue weighted by atomic mass is 19.4. The lowest BCUT2D eigenvalue weighted by molar-refractivity contribution is -0.137. The first-order chi connectivity index (χ1) is 9.93. The van der Waals surface area contributed by atoms with Gasteiger partial charge in [0.2, 0.25) is 0 Å². The van der Waals surface area contributed by atoms with Crippen molar-refractivity contribution < 1.29 is 17.6 Å². The van der Waals surface area contributed by atoms with E-state index in [0.717, 1.165) is 12.1 Å². The van der Waals surface area contributed by atoms with Gasteiger partial charge in [-0.25, -0.2) is 0 Å². The smallest absolute Gasteiger partial charge is 0.416 e. The Morgan fingerprint density at radius 3 is 2.38 bits per heavy atom. The van der Waals surface area contributed by atoms with E-state index in [4.69, 9.17) is 10.2 Å². The normalized spacial score (nSPS) is 11.8. The summed E-state index contributed by atoms with van der Waals surface area (Å²) in [6.45, 7) is 0. The number of fused-ring (bicyclic) bond motifs is 1. The Morgan fingerprint density at radius 1 is 1.05 bits per heavy atom. The molecular formula is C14H10F3N3O. The van der Waals surface area contributed by atoms with Crippen molar-refractivity contribution in [2.75, 3.05) is 11.1 Å². The van der Waals surface area contributed by atoms with Gasteiger partial charge in [-0.1, -0.05) is 6.07 Å². The Labute approximate surface area is 117 Å². The maximum Gasteiger partial charge on any atom is 0.416 e. The molecule has 1 heterocycles. The van der Waals surface area contributed by atoms with E-state index in [0.29, 0.717) is 22.5 Å². The molecule has 3 N–H and O–H groups in total. The number of halogens is 3. The number of benzene rings is 2. The van der Waals surface area contributed by atoms with Gasteiger partial charge in [0.1, 0.15) is 5.52 Å². The minimum atomic E-state index is -4.36. The molecular weight excluding hydrogens is 283 g/mol. The molecule has 0 aliphatic carbocycles. The van der Waals surface area contributed by atoms with Crippen LogP contribution in [0.2, 0.25) is 0 Å². The Morgan fingerprint density at radius 2 is 1.76 bits per heavy atom.